The lowest BCUT2D eigenvalue weighted by molar-refractivity contribution is 0.195. The topological polar surface area (TPSA) is 68.6 Å². The summed E-state index contributed by atoms with van der Waals surface area (Å²) in [5.74, 6) is 1.54. The highest BCUT2D eigenvalue weighted by molar-refractivity contribution is 5.73. The van der Waals surface area contributed by atoms with Crippen LogP contribution < -0.4 is 14.8 Å². The molecule has 0 aliphatic carbocycles. The lowest BCUT2D eigenvalue weighted by Crippen LogP contribution is -2.39. The third-order valence-corrected chi connectivity index (χ3v) is 3.50. The summed E-state index contributed by atoms with van der Waals surface area (Å²) in [6.07, 6.45) is 4.49. The van der Waals surface area contributed by atoms with Gasteiger partial charge in [-0.2, -0.15) is 5.10 Å². The van der Waals surface area contributed by atoms with Crippen molar-refractivity contribution in [2.24, 2.45) is 0 Å². The SMILES string of the molecule is COc1ccc(OCCN(C)C(=O)NCCCn2cccn2)cc1. The van der Waals surface area contributed by atoms with Crippen LogP contribution in [-0.2, 0) is 6.54 Å². The Balaban J connectivity index is 1.58. The molecule has 0 aliphatic rings. The van der Waals surface area contributed by atoms with E-state index >= 15 is 0 Å². The molecule has 130 valence electrons. The van der Waals surface area contributed by atoms with Gasteiger partial charge < -0.3 is 19.7 Å². The zero-order valence-electron chi connectivity index (χ0n) is 14.1. The van der Waals surface area contributed by atoms with Gasteiger partial charge in [0.05, 0.1) is 13.7 Å². The van der Waals surface area contributed by atoms with E-state index in [0.29, 0.717) is 19.7 Å². The third-order valence-electron chi connectivity index (χ3n) is 3.50. The molecule has 1 aromatic heterocycles. The summed E-state index contributed by atoms with van der Waals surface area (Å²) in [6.45, 7) is 2.35. The molecule has 2 amide bonds. The Morgan fingerprint density at radius 1 is 1.29 bits per heavy atom. The zero-order valence-corrected chi connectivity index (χ0v) is 14.1. The molecule has 1 heterocycles. The number of benzene rings is 1. The van der Waals surface area contributed by atoms with E-state index < -0.39 is 0 Å². The quantitative estimate of drug-likeness (QED) is 0.713. The van der Waals surface area contributed by atoms with Crippen molar-refractivity contribution < 1.29 is 14.3 Å². The van der Waals surface area contributed by atoms with Crippen molar-refractivity contribution in [3.63, 3.8) is 0 Å². The molecule has 7 nitrogen and oxygen atoms in total. The van der Waals surface area contributed by atoms with Crippen molar-refractivity contribution in [3.05, 3.63) is 42.7 Å². The number of nitrogens with one attached hydrogen (secondary N) is 1. The summed E-state index contributed by atoms with van der Waals surface area (Å²) in [5, 5.41) is 7.00. The second kappa shape index (κ2) is 9.44. The number of methoxy groups -OCH3 is 1. The maximum absolute atomic E-state index is 12.0. The van der Waals surface area contributed by atoms with Gasteiger partial charge in [0.15, 0.2) is 0 Å². The molecule has 1 aromatic carbocycles. The van der Waals surface area contributed by atoms with Crippen LogP contribution in [0.1, 0.15) is 6.42 Å². The Hall–Kier alpha value is -2.70. The van der Waals surface area contributed by atoms with Gasteiger partial charge in [-0.1, -0.05) is 0 Å². The van der Waals surface area contributed by atoms with E-state index in [4.69, 9.17) is 9.47 Å². The average molecular weight is 332 g/mol. The second-order valence-corrected chi connectivity index (χ2v) is 5.30. The Morgan fingerprint density at radius 3 is 2.71 bits per heavy atom. The minimum absolute atomic E-state index is 0.103. The van der Waals surface area contributed by atoms with Crippen molar-refractivity contribution >= 4 is 6.03 Å². The molecular weight excluding hydrogens is 308 g/mol. The number of urea groups is 1. The van der Waals surface area contributed by atoms with Crippen molar-refractivity contribution in [3.8, 4) is 11.5 Å². The molecule has 0 aliphatic heterocycles. The Bertz CT molecular complexity index is 599. The summed E-state index contributed by atoms with van der Waals surface area (Å²) < 4.78 is 12.5. The minimum Gasteiger partial charge on any atom is -0.497 e. The highest BCUT2D eigenvalue weighted by Gasteiger charge is 2.07. The standard InChI is InChI=1S/C17H24N4O3/c1-20(13-14-24-16-7-5-15(23-2)6-8-16)17(22)18-9-3-11-21-12-4-10-19-21/h4-8,10,12H,3,9,11,13-14H2,1-2H3,(H,18,22). The van der Waals surface area contributed by atoms with Gasteiger partial charge in [0.25, 0.3) is 0 Å². The van der Waals surface area contributed by atoms with E-state index in [1.54, 1.807) is 25.3 Å². The molecule has 0 radical (unpaired) electrons. The first-order valence-corrected chi connectivity index (χ1v) is 7.92. The number of rotatable bonds is 9. The Morgan fingerprint density at radius 2 is 2.04 bits per heavy atom. The molecule has 1 N–H and O–H groups in total. The highest BCUT2D eigenvalue weighted by atomic mass is 16.5. The number of amides is 2. The summed E-state index contributed by atoms with van der Waals surface area (Å²) >= 11 is 0. The van der Waals surface area contributed by atoms with Gasteiger partial charge in [-0.25, -0.2) is 4.79 Å². The van der Waals surface area contributed by atoms with Crippen LogP contribution in [0.4, 0.5) is 4.79 Å². The molecule has 0 saturated carbocycles. The number of ether oxygens (including phenoxy) is 2. The molecule has 2 aromatic rings. The fourth-order valence-corrected chi connectivity index (χ4v) is 2.08. The average Bonchev–Trinajstić information content (AvgIpc) is 3.12. The molecular formula is C17H24N4O3. The van der Waals surface area contributed by atoms with E-state index in [9.17, 15) is 4.79 Å². The van der Waals surface area contributed by atoms with E-state index in [1.165, 1.54) is 0 Å². The van der Waals surface area contributed by atoms with Gasteiger partial charge in [-0.05, 0) is 36.8 Å². The molecule has 0 unspecified atom stereocenters. The predicted octanol–water partition coefficient (Wildman–Crippen LogP) is 2.00. The molecule has 0 fully saturated rings. The Kier molecular flexibility index (Phi) is 6.94. The third kappa shape index (κ3) is 5.83. The van der Waals surface area contributed by atoms with E-state index in [-0.39, 0.29) is 6.03 Å². The first-order chi connectivity index (χ1) is 11.7. The Labute approximate surface area is 142 Å². The lowest BCUT2D eigenvalue weighted by Gasteiger charge is -2.18. The zero-order chi connectivity index (χ0) is 17.2. The van der Waals surface area contributed by atoms with Gasteiger partial charge in [0.2, 0.25) is 0 Å². The number of likely N-dealkylation sites (N-methyl/N-ethyl adjacent to an activating group) is 1. The van der Waals surface area contributed by atoms with Crippen LogP contribution in [0.25, 0.3) is 0 Å². The van der Waals surface area contributed by atoms with Gasteiger partial charge >= 0.3 is 6.03 Å². The van der Waals surface area contributed by atoms with Gasteiger partial charge in [-0.15, -0.1) is 0 Å². The number of carbonyl (C=O) groups is 1. The molecule has 2 rings (SSSR count). The van der Waals surface area contributed by atoms with Crippen molar-refractivity contribution in [1.29, 1.82) is 0 Å². The summed E-state index contributed by atoms with van der Waals surface area (Å²) in [6, 6.07) is 9.14. The molecule has 0 bridgehead atoms. The number of aryl methyl sites for hydroxylation is 1. The largest absolute Gasteiger partial charge is 0.497 e. The first kappa shape index (κ1) is 17.7. The van der Waals surface area contributed by atoms with E-state index in [0.717, 1.165) is 24.5 Å². The van der Waals surface area contributed by atoms with Crippen LogP contribution in [-0.4, -0.2) is 54.6 Å². The van der Waals surface area contributed by atoms with Crippen LogP contribution in [0.3, 0.4) is 0 Å². The molecule has 0 saturated heterocycles. The molecule has 24 heavy (non-hydrogen) atoms. The van der Waals surface area contributed by atoms with Crippen LogP contribution >= 0.6 is 0 Å². The summed E-state index contributed by atoms with van der Waals surface area (Å²) in [4.78, 5) is 13.6. The number of aromatic nitrogens is 2. The monoisotopic (exact) mass is 332 g/mol. The molecule has 0 atom stereocenters. The molecule has 0 spiro atoms. The number of nitrogens with zero attached hydrogens (tertiary/aromatic N) is 3. The summed E-state index contributed by atoms with van der Waals surface area (Å²) in [7, 11) is 3.37. The minimum atomic E-state index is -0.103. The predicted molar refractivity (Wildman–Crippen MR) is 91.4 cm³/mol. The lowest BCUT2D eigenvalue weighted by atomic mass is 10.3. The van der Waals surface area contributed by atoms with Gasteiger partial charge in [0, 0.05) is 32.5 Å². The van der Waals surface area contributed by atoms with Crippen LogP contribution in [0, 0.1) is 0 Å². The fraction of sp³-hybridized carbons (Fsp3) is 0.412. The van der Waals surface area contributed by atoms with E-state index in [2.05, 4.69) is 10.4 Å². The number of hydrogen-bond acceptors (Lipinski definition) is 4. The van der Waals surface area contributed by atoms with Crippen molar-refractivity contribution in [2.75, 3.05) is 33.9 Å². The molecule has 7 heteroatoms. The van der Waals surface area contributed by atoms with Gasteiger partial charge in [0.1, 0.15) is 18.1 Å². The van der Waals surface area contributed by atoms with E-state index in [1.807, 2.05) is 41.2 Å². The van der Waals surface area contributed by atoms with Crippen LogP contribution in [0.2, 0.25) is 0 Å². The van der Waals surface area contributed by atoms with Crippen molar-refractivity contribution in [1.82, 2.24) is 20.0 Å². The second-order valence-electron chi connectivity index (χ2n) is 5.30. The normalized spacial score (nSPS) is 10.2. The number of carbonyl (C=O) groups excluding carboxylic acids is 1. The maximum Gasteiger partial charge on any atom is 0.317 e. The van der Waals surface area contributed by atoms with Crippen LogP contribution in [0.5, 0.6) is 11.5 Å². The smallest absolute Gasteiger partial charge is 0.317 e. The maximum atomic E-state index is 12.0. The highest BCUT2D eigenvalue weighted by Crippen LogP contribution is 2.16. The first-order valence-electron chi connectivity index (χ1n) is 7.92. The van der Waals surface area contributed by atoms with Gasteiger partial charge in [-0.3, -0.25) is 4.68 Å². The fourth-order valence-electron chi connectivity index (χ4n) is 2.08. The number of hydrogen-bond donors (Lipinski definition) is 1. The van der Waals surface area contributed by atoms with Crippen LogP contribution in [0.15, 0.2) is 42.7 Å². The summed E-state index contributed by atoms with van der Waals surface area (Å²) in [5.41, 5.74) is 0. The van der Waals surface area contributed by atoms with Crippen molar-refractivity contribution in [2.45, 2.75) is 13.0 Å².